The molecule has 9 heteroatoms. The minimum atomic E-state index is -1.53. The molecule has 6 unspecified atom stereocenters. The molecule has 58 heavy (non-hydrogen) atoms. The molecule has 1 rings (SSSR count). The zero-order valence-electron chi connectivity index (χ0n) is 37.6. The summed E-state index contributed by atoms with van der Waals surface area (Å²) in [6, 6.07) is 0. The molecule has 1 fully saturated rings. The normalized spacial score (nSPS) is 20.4. The van der Waals surface area contributed by atoms with Crippen molar-refractivity contribution in [3.8, 4) is 0 Å². The summed E-state index contributed by atoms with van der Waals surface area (Å²) in [4.78, 5) is 12.8. The lowest BCUT2D eigenvalue weighted by molar-refractivity contribution is -0.305. The third-order valence-electron chi connectivity index (χ3n) is 11.4. The lowest BCUT2D eigenvalue weighted by Crippen LogP contribution is -2.59. The summed E-state index contributed by atoms with van der Waals surface area (Å²) in [6.07, 6.45) is 40.6. The van der Waals surface area contributed by atoms with Crippen LogP contribution >= 0.6 is 0 Å². The molecule has 4 N–H and O–H groups in total. The van der Waals surface area contributed by atoms with E-state index in [-0.39, 0.29) is 19.2 Å². The minimum Gasteiger partial charge on any atom is -0.457 e. The van der Waals surface area contributed by atoms with Crippen LogP contribution in [-0.4, -0.2) is 89.6 Å². The molecule has 0 spiro atoms. The maximum Gasteiger partial charge on any atom is 0.306 e. The topological polar surface area (TPSA) is 135 Å². The number of hydrogen-bond donors (Lipinski definition) is 4. The van der Waals surface area contributed by atoms with E-state index in [0.29, 0.717) is 13.0 Å². The third-order valence-corrected chi connectivity index (χ3v) is 11.4. The second-order valence-corrected chi connectivity index (χ2v) is 16.9. The molecule has 1 aliphatic rings. The fourth-order valence-corrected chi connectivity index (χ4v) is 7.52. The maximum absolute atomic E-state index is 12.8. The molecule has 342 valence electrons. The van der Waals surface area contributed by atoms with Crippen LogP contribution in [0.4, 0.5) is 0 Å². The van der Waals surface area contributed by atoms with Gasteiger partial charge in [0, 0.05) is 13.0 Å². The van der Waals surface area contributed by atoms with Gasteiger partial charge in [-0.15, -0.1) is 0 Å². The summed E-state index contributed by atoms with van der Waals surface area (Å²) >= 11 is 0. The number of carbonyl (C=O) groups is 1. The van der Waals surface area contributed by atoms with Gasteiger partial charge in [-0.2, -0.15) is 0 Å². The Balaban J connectivity index is 2.22. The molecule has 1 aliphatic heterocycles. The Morgan fingerprint density at radius 2 is 1.00 bits per heavy atom. The highest BCUT2D eigenvalue weighted by atomic mass is 16.7. The monoisotopic (exact) mass is 825 g/mol. The summed E-state index contributed by atoms with van der Waals surface area (Å²) in [5.41, 5.74) is 0. The van der Waals surface area contributed by atoms with E-state index in [4.69, 9.17) is 18.9 Å². The van der Waals surface area contributed by atoms with Crippen LogP contribution in [0.2, 0.25) is 0 Å². The maximum atomic E-state index is 12.8. The Morgan fingerprint density at radius 1 is 0.552 bits per heavy atom. The Kier molecular flexibility index (Phi) is 38.7. The molecule has 0 aromatic rings. The van der Waals surface area contributed by atoms with Crippen molar-refractivity contribution >= 4 is 5.97 Å². The number of hydrogen-bond acceptors (Lipinski definition) is 9. The molecular formula is C49H92O9. The van der Waals surface area contributed by atoms with Crippen LogP contribution in [0.3, 0.4) is 0 Å². The smallest absolute Gasteiger partial charge is 0.306 e. The highest BCUT2D eigenvalue weighted by Crippen LogP contribution is 2.23. The molecule has 6 atom stereocenters. The first-order valence-corrected chi connectivity index (χ1v) is 24.4. The zero-order chi connectivity index (χ0) is 42.2. The van der Waals surface area contributed by atoms with Gasteiger partial charge in [0.25, 0.3) is 0 Å². The van der Waals surface area contributed by atoms with Crippen molar-refractivity contribution < 1.29 is 44.2 Å². The Bertz CT molecular complexity index is 941. The van der Waals surface area contributed by atoms with E-state index in [1.165, 1.54) is 161 Å². The predicted octanol–water partition coefficient (Wildman–Crippen LogP) is 11.4. The average molecular weight is 825 g/mol. The van der Waals surface area contributed by atoms with Crippen LogP contribution in [0.25, 0.3) is 0 Å². The molecule has 0 aromatic heterocycles. The van der Waals surface area contributed by atoms with Crippen molar-refractivity contribution in [2.75, 3.05) is 26.4 Å². The van der Waals surface area contributed by atoms with Crippen LogP contribution < -0.4 is 0 Å². The predicted molar refractivity (Wildman–Crippen MR) is 238 cm³/mol. The standard InChI is InChI=1S/C49H92O9/c1-3-5-7-9-11-13-15-17-19-21-22-23-24-26-28-30-32-34-36-38-45(51)57-43(42-56-49-48(54)47(53)46(52)44(40-50)58-49)41-55-39-37-35-33-31-29-27-25-20-18-16-14-12-10-8-6-4-2/h11,13,17,19,43-44,46-50,52-54H,3-10,12,14-16,18,20-42H2,1-2H3/b13-11-,19-17-. The van der Waals surface area contributed by atoms with Gasteiger partial charge in [0.15, 0.2) is 6.29 Å². The van der Waals surface area contributed by atoms with Gasteiger partial charge in [0.1, 0.15) is 30.5 Å². The Morgan fingerprint density at radius 3 is 1.52 bits per heavy atom. The first-order valence-electron chi connectivity index (χ1n) is 24.4. The van der Waals surface area contributed by atoms with E-state index in [1.807, 2.05) is 0 Å². The van der Waals surface area contributed by atoms with E-state index in [9.17, 15) is 25.2 Å². The number of carbonyl (C=O) groups excluding carboxylic acids is 1. The van der Waals surface area contributed by atoms with Crippen molar-refractivity contribution in [1.29, 1.82) is 0 Å². The van der Waals surface area contributed by atoms with Crippen LogP contribution in [-0.2, 0) is 23.7 Å². The number of esters is 1. The highest BCUT2D eigenvalue weighted by molar-refractivity contribution is 5.69. The van der Waals surface area contributed by atoms with Crippen molar-refractivity contribution in [2.24, 2.45) is 0 Å². The lowest BCUT2D eigenvalue weighted by Gasteiger charge is -2.39. The van der Waals surface area contributed by atoms with Gasteiger partial charge in [-0.25, -0.2) is 0 Å². The second-order valence-electron chi connectivity index (χ2n) is 16.9. The second kappa shape index (κ2) is 41.0. The fraction of sp³-hybridized carbons (Fsp3) is 0.898. The van der Waals surface area contributed by atoms with Crippen LogP contribution in [0, 0.1) is 0 Å². The third kappa shape index (κ3) is 31.5. The molecular weight excluding hydrogens is 733 g/mol. The van der Waals surface area contributed by atoms with E-state index in [2.05, 4.69) is 38.2 Å². The van der Waals surface area contributed by atoms with Gasteiger partial charge in [-0.3, -0.25) is 4.79 Å². The lowest BCUT2D eigenvalue weighted by atomic mass is 9.99. The van der Waals surface area contributed by atoms with E-state index in [1.54, 1.807) is 0 Å². The van der Waals surface area contributed by atoms with E-state index in [0.717, 1.165) is 38.5 Å². The molecule has 9 nitrogen and oxygen atoms in total. The largest absolute Gasteiger partial charge is 0.457 e. The SMILES string of the molecule is CCCCC/C=C\C/C=C\CCCCCCCCCCCC(=O)OC(COCCCCCCCCCCCCCCCCCC)COC1OC(CO)C(O)C(O)C1O. The van der Waals surface area contributed by atoms with Gasteiger partial charge < -0.3 is 39.4 Å². The number of allylic oxidation sites excluding steroid dienone is 4. The minimum absolute atomic E-state index is 0.111. The molecule has 0 saturated carbocycles. The summed E-state index contributed by atoms with van der Waals surface area (Å²) in [5, 5.41) is 40.2. The van der Waals surface area contributed by atoms with Crippen molar-refractivity contribution in [2.45, 2.75) is 256 Å². The van der Waals surface area contributed by atoms with E-state index < -0.39 is 43.4 Å². The van der Waals surface area contributed by atoms with Crippen molar-refractivity contribution in [3.63, 3.8) is 0 Å². The Hall–Kier alpha value is -1.33. The zero-order valence-corrected chi connectivity index (χ0v) is 37.6. The highest BCUT2D eigenvalue weighted by Gasteiger charge is 2.44. The van der Waals surface area contributed by atoms with Gasteiger partial charge >= 0.3 is 5.97 Å². The number of ether oxygens (including phenoxy) is 4. The van der Waals surface area contributed by atoms with Gasteiger partial charge in [0.2, 0.25) is 0 Å². The van der Waals surface area contributed by atoms with Crippen LogP contribution in [0.15, 0.2) is 24.3 Å². The van der Waals surface area contributed by atoms with Gasteiger partial charge in [0.05, 0.1) is 19.8 Å². The summed E-state index contributed by atoms with van der Waals surface area (Å²) < 4.78 is 22.9. The van der Waals surface area contributed by atoms with Crippen molar-refractivity contribution in [1.82, 2.24) is 0 Å². The fourth-order valence-electron chi connectivity index (χ4n) is 7.52. The first-order chi connectivity index (χ1) is 28.4. The summed E-state index contributed by atoms with van der Waals surface area (Å²) in [7, 11) is 0. The molecule has 1 heterocycles. The first kappa shape index (κ1) is 54.7. The van der Waals surface area contributed by atoms with Crippen molar-refractivity contribution in [3.05, 3.63) is 24.3 Å². The molecule has 0 aromatic carbocycles. The summed E-state index contributed by atoms with van der Waals surface area (Å²) in [5.74, 6) is -0.314. The van der Waals surface area contributed by atoms with Gasteiger partial charge in [-0.05, 0) is 44.9 Å². The Labute approximate surface area is 356 Å². The number of rotatable bonds is 42. The van der Waals surface area contributed by atoms with Crippen LogP contribution in [0.5, 0.6) is 0 Å². The molecule has 0 aliphatic carbocycles. The quantitative estimate of drug-likeness (QED) is 0.0269. The molecule has 0 radical (unpaired) electrons. The van der Waals surface area contributed by atoms with Gasteiger partial charge in [-0.1, -0.05) is 192 Å². The number of aliphatic hydroxyl groups excluding tert-OH is 4. The van der Waals surface area contributed by atoms with Crippen LogP contribution in [0.1, 0.15) is 219 Å². The average Bonchev–Trinajstić information content (AvgIpc) is 3.22. The van der Waals surface area contributed by atoms with E-state index >= 15 is 0 Å². The summed E-state index contributed by atoms with van der Waals surface area (Å²) in [6.45, 7) is 4.57. The number of unbranched alkanes of at least 4 members (excludes halogenated alkanes) is 27. The number of aliphatic hydroxyl groups is 4. The molecule has 0 bridgehead atoms. The molecule has 0 amide bonds. The molecule has 1 saturated heterocycles.